The van der Waals surface area contributed by atoms with Crippen LogP contribution >= 0.6 is 0 Å². The predicted octanol–water partition coefficient (Wildman–Crippen LogP) is 1.21. The lowest BCUT2D eigenvalue weighted by molar-refractivity contribution is -0.149. The van der Waals surface area contributed by atoms with Gasteiger partial charge in [-0.3, -0.25) is 19.2 Å². The minimum Gasteiger partial charge on any atom is -0.508 e. The van der Waals surface area contributed by atoms with E-state index < -0.39 is 12.1 Å². The SMILES string of the molecule is CC(C)(C)CC(=O)N1CCC(N2CC(=O)N3CC[C@@H](n4cc(-c5cccc(O)c5)nn4)[C@H]3C(=O)NCCOCCOCC2=O)CC1. The Kier molecular flexibility index (Phi) is 10.6. The van der Waals surface area contributed by atoms with Gasteiger partial charge in [-0.2, -0.15) is 0 Å². The number of carbonyl (C=O) groups excluding carboxylic acids is 4. The molecule has 2 N–H and O–H groups in total. The second-order valence-electron chi connectivity index (χ2n) is 13.3. The number of carbonyl (C=O) groups is 4. The van der Waals surface area contributed by atoms with Crippen LogP contribution in [-0.4, -0.2) is 130 Å². The lowest BCUT2D eigenvalue weighted by Gasteiger charge is -2.39. The summed E-state index contributed by atoms with van der Waals surface area (Å²) in [6.45, 7) is 7.92. The van der Waals surface area contributed by atoms with Gasteiger partial charge in [0, 0.05) is 44.2 Å². The van der Waals surface area contributed by atoms with Crippen LogP contribution in [-0.2, 0) is 28.7 Å². The van der Waals surface area contributed by atoms with E-state index in [4.69, 9.17) is 9.47 Å². The van der Waals surface area contributed by atoms with E-state index >= 15 is 0 Å². The zero-order valence-corrected chi connectivity index (χ0v) is 26.9. The molecule has 3 saturated heterocycles. The van der Waals surface area contributed by atoms with Crippen molar-refractivity contribution >= 4 is 23.6 Å². The third-order valence-electron chi connectivity index (χ3n) is 8.66. The molecule has 14 nitrogen and oxygen atoms in total. The zero-order valence-electron chi connectivity index (χ0n) is 26.9. The summed E-state index contributed by atoms with van der Waals surface area (Å²) < 4.78 is 12.8. The van der Waals surface area contributed by atoms with Gasteiger partial charge in [-0.15, -0.1) is 5.10 Å². The molecule has 2 atom stereocenters. The highest BCUT2D eigenvalue weighted by molar-refractivity contribution is 5.91. The van der Waals surface area contributed by atoms with E-state index in [2.05, 4.69) is 15.6 Å². The molecule has 2 aromatic rings. The Morgan fingerprint density at radius 1 is 1.00 bits per heavy atom. The van der Waals surface area contributed by atoms with Crippen LogP contribution in [0, 0.1) is 5.41 Å². The van der Waals surface area contributed by atoms with Crippen LogP contribution in [0.15, 0.2) is 30.5 Å². The maximum absolute atomic E-state index is 14.0. The molecule has 1 aromatic carbocycles. The molecule has 4 amide bonds. The van der Waals surface area contributed by atoms with Gasteiger partial charge in [0.25, 0.3) is 0 Å². The minimum absolute atomic E-state index is 0.0889. The molecule has 14 heteroatoms. The van der Waals surface area contributed by atoms with Gasteiger partial charge in [-0.25, -0.2) is 4.68 Å². The van der Waals surface area contributed by atoms with Gasteiger partial charge in [-0.1, -0.05) is 38.1 Å². The smallest absolute Gasteiger partial charge is 0.249 e. The van der Waals surface area contributed by atoms with Gasteiger partial charge in [-0.05, 0) is 36.8 Å². The lowest BCUT2D eigenvalue weighted by Crippen LogP contribution is -2.55. The van der Waals surface area contributed by atoms with E-state index in [1.165, 1.54) is 4.90 Å². The molecule has 3 aliphatic heterocycles. The Balaban J connectivity index is 1.35. The molecule has 0 aliphatic carbocycles. The molecule has 0 saturated carbocycles. The number of nitrogens with zero attached hydrogens (tertiary/aromatic N) is 6. The number of aromatic nitrogens is 3. The maximum Gasteiger partial charge on any atom is 0.249 e. The molecule has 3 fully saturated rings. The van der Waals surface area contributed by atoms with Gasteiger partial charge in [0.2, 0.25) is 23.6 Å². The average molecular weight is 640 g/mol. The third kappa shape index (κ3) is 8.21. The van der Waals surface area contributed by atoms with Crippen molar-refractivity contribution in [3.8, 4) is 17.0 Å². The van der Waals surface area contributed by atoms with Gasteiger partial charge >= 0.3 is 0 Å². The Bertz CT molecular complexity index is 1400. The molecule has 0 spiro atoms. The number of amides is 4. The van der Waals surface area contributed by atoms with E-state index in [1.54, 1.807) is 40.0 Å². The third-order valence-corrected chi connectivity index (χ3v) is 8.66. The first-order chi connectivity index (χ1) is 22.0. The summed E-state index contributed by atoms with van der Waals surface area (Å²) in [5.74, 6) is -0.817. The highest BCUT2D eigenvalue weighted by Gasteiger charge is 2.44. The number of phenolic OH excluding ortho intramolecular Hbond substituents is 1. The quantitative estimate of drug-likeness (QED) is 0.502. The molecule has 1 aromatic heterocycles. The van der Waals surface area contributed by atoms with Crippen molar-refractivity contribution < 1.29 is 33.8 Å². The molecule has 0 radical (unpaired) electrons. The molecule has 0 bridgehead atoms. The van der Waals surface area contributed by atoms with Gasteiger partial charge in [0.15, 0.2) is 0 Å². The molecular formula is C32H45N7O7. The van der Waals surface area contributed by atoms with E-state index in [0.717, 1.165) is 0 Å². The second-order valence-corrected chi connectivity index (χ2v) is 13.3. The summed E-state index contributed by atoms with van der Waals surface area (Å²) >= 11 is 0. The van der Waals surface area contributed by atoms with Crippen LogP contribution in [0.2, 0.25) is 0 Å². The van der Waals surface area contributed by atoms with E-state index in [1.807, 2.05) is 25.7 Å². The number of ether oxygens (including phenoxy) is 2. The number of fused-ring (bicyclic) bond motifs is 1. The Labute approximate surface area is 269 Å². The van der Waals surface area contributed by atoms with Crippen LogP contribution in [0.1, 0.15) is 52.5 Å². The van der Waals surface area contributed by atoms with Crippen molar-refractivity contribution in [2.75, 3.05) is 59.2 Å². The fourth-order valence-electron chi connectivity index (χ4n) is 6.35. The molecule has 5 rings (SSSR count). The fraction of sp³-hybridized carbons (Fsp3) is 0.625. The van der Waals surface area contributed by atoms with E-state index in [0.29, 0.717) is 50.0 Å². The highest BCUT2D eigenvalue weighted by Crippen LogP contribution is 2.31. The van der Waals surface area contributed by atoms with Crippen LogP contribution in [0.25, 0.3) is 11.3 Å². The Hall–Kier alpha value is -4.04. The first-order valence-electron chi connectivity index (χ1n) is 16.0. The number of benzene rings is 1. The minimum atomic E-state index is -0.888. The first kappa shape index (κ1) is 33.3. The largest absolute Gasteiger partial charge is 0.508 e. The standard InChI is InChI=1S/C32H45N7O7/c1-32(2,3)18-27(41)36-11-7-23(8-12-36)38-20-28(42)37-13-9-26(39-19-25(34-35-39)22-5-4-6-24(40)17-22)30(37)31(44)33-10-14-45-15-16-46-21-29(38)43/h4-6,17,19,23,26,30,40H,7-16,18,20-21H2,1-3H3,(H,33,44)/t26-,30+/m1/s1. The summed E-state index contributed by atoms with van der Waals surface area (Å²) in [6, 6.07) is 5.02. The summed E-state index contributed by atoms with van der Waals surface area (Å²) in [4.78, 5) is 58.9. The number of hydrogen-bond donors (Lipinski definition) is 2. The zero-order chi connectivity index (χ0) is 32.8. The first-order valence-corrected chi connectivity index (χ1v) is 16.0. The lowest BCUT2D eigenvalue weighted by atomic mass is 9.91. The number of rotatable bonds is 4. The Morgan fingerprint density at radius 3 is 2.50 bits per heavy atom. The van der Waals surface area contributed by atoms with Crippen molar-refractivity contribution in [2.24, 2.45) is 5.41 Å². The maximum atomic E-state index is 14.0. The van der Waals surface area contributed by atoms with Crippen LogP contribution in [0.4, 0.5) is 0 Å². The van der Waals surface area contributed by atoms with Crippen molar-refractivity contribution in [3.05, 3.63) is 30.5 Å². The summed E-state index contributed by atoms with van der Waals surface area (Å²) in [5.41, 5.74) is 1.07. The predicted molar refractivity (Wildman–Crippen MR) is 166 cm³/mol. The van der Waals surface area contributed by atoms with Crippen LogP contribution in [0.5, 0.6) is 5.75 Å². The van der Waals surface area contributed by atoms with Crippen LogP contribution in [0.3, 0.4) is 0 Å². The molecule has 250 valence electrons. The number of nitrogens with one attached hydrogen (secondary N) is 1. The normalized spacial score (nSPS) is 23.1. The van der Waals surface area contributed by atoms with Gasteiger partial charge < -0.3 is 34.6 Å². The molecule has 46 heavy (non-hydrogen) atoms. The topological polar surface area (TPSA) is 159 Å². The van der Waals surface area contributed by atoms with Crippen molar-refractivity contribution in [1.29, 1.82) is 0 Å². The average Bonchev–Trinajstić information content (AvgIpc) is 3.68. The summed E-state index contributed by atoms with van der Waals surface area (Å²) in [7, 11) is 0. The van der Waals surface area contributed by atoms with Crippen LogP contribution < -0.4 is 5.32 Å². The highest BCUT2D eigenvalue weighted by atomic mass is 16.5. The summed E-state index contributed by atoms with van der Waals surface area (Å²) in [5, 5.41) is 21.4. The molecule has 3 aliphatic rings. The monoisotopic (exact) mass is 639 g/mol. The summed E-state index contributed by atoms with van der Waals surface area (Å²) in [6.07, 6.45) is 3.69. The number of piperidine rings is 1. The van der Waals surface area contributed by atoms with Crippen molar-refractivity contribution in [3.63, 3.8) is 0 Å². The van der Waals surface area contributed by atoms with Crippen molar-refractivity contribution in [1.82, 2.24) is 35.0 Å². The van der Waals surface area contributed by atoms with Gasteiger partial charge in [0.1, 0.15) is 30.6 Å². The van der Waals surface area contributed by atoms with Crippen molar-refractivity contribution in [2.45, 2.75) is 64.6 Å². The number of aromatic hydroxyl groups is 1. The number of likely N-dealkylation sites (tertiary alicyclic amines) is 1. The fourth-order valence-corrected chi connectivity index (χ4v) is 6.35. The van der Waals surface area contributed by atoms with E-state index in [9.17, 15) is 24.3 Å². The molecule has 4 heterocycles. The van der Waals surface area contributed by atoms with Gasteiger partial charge in [0.05, 0.1) is 32.1 Å². The number of phenols is 1. The molecule has 0 unspecified atom stereocenters. The van der Waals surface area contributed by atoms with E-state index in [-0.39, 0.29) is 86.9 Å². The Morgan fingerprint density at radius 2 is 1.76 bits per heavy atom. The molecular weight excluding hydrogens is 594 g/mol. The number of hydrogen-bond acceptors (Lipinski definition) is 9. The second kappa shape index (κ2) is 14.6.